The maximum atomic E-state index is 13.7. The van der Waals surface area contributed by atoms with E-state index in [9.17, 15) is 17.6 Å². The van der Waals surface area contributed by atoms with Crippen LogP contribution in [0.15, 0.2) is 55.1 Å². The van der Waals surface area contributed by atoms with E-state index in [0.29, 0.717) is 18.7 Å². The van der Waals surface area contributed by atoms with Gasteiger partial charge < -0.3 is 9.88 Å². The number of benzene rings is 1. The van der Waals surface area contributed by atoms with Crippen LogP contribution in [0.2, 0.25) is 0 Å². The molecule has 3 heterocycles. The van der Waals surface area contributed by atoms with Crippen molar-refractivity contribution in [3.8, 4) is 0 Å². The summed E-state index contributed by atoms with van der Waals surface area (Å²) in [5.41, 5.74) is 2.51. The first-order chi connectivity index (χ1) is 14.3. The summed E-state index contributed by atoms with van der Waals surface area (Å²) in [5, 5.41) is 0. The Labute approximate surface area is 173 Å². The number of pyridine rings is 1. The molecule has 30 heavy (non-hydrogen) atoms. The maximum Gasteiger partial charge on any atom is 0.244 e. The predicted octanol–water partition coefficient (Wildman–Crippen LogP) is 1.88. The molecule has 0 radical (unpaired) electrons. The highest BCUT2D eigenvalue weighted by Crippen LogP contribution is 2.33. The largest absolute Gasteiger partial charge is 0.348 e. The Hall–Kier alpha value is -3.27. The van der Waals surface area contributed by atoms with Crippen molar-refractivity contribution in [1.29, 1.82) is 0 Å². The van der Waals surface area contributed by atoms with Crippen molar-refractivity contribution in [3.05, 3.63) is 77.9 Å². The van der Waals surface area contributed by atoms with Crippen LogP contribution in [0.4, 0.5) is 10.1 Å². The molecule has 1 unspecified atom stereocenters. The van der Waals surface area contributed by atoms with Crippen molar-refractivity contribution in [2.45, 2.75) is 12.5 Å². The minimum Gasteiger partial charge on any atom is -0.348 e. The van der Waals surface area contributed by atoms with Gasteiger partial charge in [-0.3, -0.25) is 14.1 Å². The molecule has 1 aromatic carbocycles. The number of hydrogen-bond acceptors (Lipinski definition) is 5. The number of nitrogens with zero attached hydrogens (tertiary/aromatic N) is 4. The summed E-state index contributed by atoms with van der Waals surface area (Å²) in [4.78, 5) is 26.5. The Morgan fingerprint density at radius 3 is 2.87 bits per heavy atom. The van der Waals surface area contributed by atoms with Crippen molar-refractivity contribution in [2.75, 3.05) is 23.7 Å². The Balaban J connectivity index is 1.69. The van der Waals surface area contributed by atoms with Crippen LogP contribution in [0, 0.1) is 5.82 Å². The van der Waals surface area contributed by atoms with Gasteiger partial charge in [-0.05, 0) is 29.8 Å². The smallest absolute Gasteiger partial charge is 0.244 e. The number of aromatic nitrogens is 3. The summed E-state index contributed by atoms with van der Waals surface area (Å²) in [7, 11) is -3.82. The molecule has 0 saturated carbocycles. The molecule has 10 heteroatoms. The summed E-state index contributed by atoms with van der Waals surface area (Å²) >= 11 is 0. The number of fused-ring (bicyclic) bond motifs is 1. The number of halogens is 1. The average molecular weight is 429 g/mol. The number of nitrogens with one attached hydrogen (secondary N) is 1. The molecule has 1 aliphatic heterocycles. The third-order valence-electron chi connectivity index (χ3n) is 5.02. The molecule has 3 aromatic rings. The third kappa shape index (κ3) is 3.90. The first kappa shape index (κ1) is 20.0. The second-order valence-electron chi connectivity index (χ2n) is 7.04. The molecule has 1 N–H and O–H groups in total. The number of sulfonamides is 1. The summed E-state index contributed by atoms with van der Waals surface area (Å²) < 4.78 is 39.4. The van der Waals surface area contributed by atoms with Crippen LogP contribution < -0.4 is 4.31 Å². The van der Waals surface area contributed by atoms with Gasteiger partial charge in [0.1, 0.15) is 18.4 Å². The molecule has 4 rings (SSSR count). The van der Waals surface area contributed by atoms with Crippen molar-refractivity contribution in [3.63, 3.8) is 0 Å². The van der Waals surface area contributed by atoms with Gasteiger partial charge in [0.25, 0.3) is 0 Å². The van der Waals surface area contributed by atoms with E-state index in [-0.39, 0.29) is 5.69 Å². The fraction of sp³-hybridized carbons (Fsp3) is 0.250. The topological polar surface area (TPSA) is 99.3 Å². The van der Waals surface area contributed by atoms with E-state index in [1.165, 1.54) is 18.2 Å². The number of aromatic amines is 1. The molecule has 0 saturated heterocycles. The summed E-state index contributed by atoms with van der Waals surface area (Å²) in [5.74, 6) is -0.992. The normalized spacial score (nSPS) is 16.2. The highest BCUT2D eigenvalue weighted by Gasteiger charge is 2.35. The van der Waals surface area contributed by atoms with Crippen LogP contribution in [0.25, 0.3) is 0 Å². The highest BCUT2D eigenvalue weighted by atomic mass is 32.2. The highest BCUT2D eigenvalue weighted by molar-refractivity contribution is 7.92. The van der Waals surface area contributed by atoms with Crippen LogP contribution >= 0.6 is 0 Å². The second-order valence-corrected chi connectivity index (χ2v) is 8.95. The lowest BCUT2D eigenvalue weighted by molar-refractivity contribution is -0.131. The molecule has 156 valence electrons. The average Bonchev–Trinajstić information content (AvgIpc) is 3.19. The predicted molar refractivity (Wildman–Crippen MR) is 109 cm³/mol. The molecule has 1 aliphatic rings. The van der Waals surface area contributed by atoms with Gasteiger partial charge in [0.15, 0.2) is 0 Å². The number of rotatable bonds is 5. The van der Waals surface area contributed by atoms with E-state index in [2.05, 4.69) is 15.0 Å². The number of carbonyl (C=O) groups excluding carboxylic acids is 1. The van der Waals surface area contributed by atoms with Crippen LogP contribution in [0.5, 0.6) is 0 Å². The quantitative estimate of drug-likeness (QED) is 0.668. The first-order valence-electron chi connectivity index (χ1n) is 9.29. The monoisotopic (exact) mass is 429 g/mol. The van der Waals surface area contributed by atoms with Crippen LogP contribution in [-0.4, -0.2) is 53.5 Å². The van der Waals surface area contributed by atoms with E-state index in [1.54, 1.807) is 29.7 Å². The van der Waals surface area contributed by atoms with Crippen LogP contribution in [0.1, 0.15) is 23.0 Å². The van der Waals surface area contributed by atoms with Gasteiger partial charge in [0, 0.05) is 31.1 Å². The van der Waals surface area contributed by atoms with Gasteiger partial charge in [-0.2, -0.15) is 0 Å². The van der Waals surface area contributed by atoms with E-state index in [1.807, 2.05) is 6.07 Å². The third-order valence-corrected chi connectivity index (χ3v) is 6.16. The Morgan fingerprint density at radius 1 is 1.33 bits per heavy atom. The molecular formula is C20H20FN5O3S. The molecule has 0 aliphatic carbocycles. The fourth-order valence-corrected chi connectivity index (χ4v) is 4.51. The molecule has 8 nitrogen and oxygen atoms in total. The number of anilines is 1. The summed E-state index contributed by atoms with van der Waals surface area (Å²) in [6, 6.07) is 8.30. The van der Waals surface area contributed by atoms with Gasteiger partial charge in [-0.1, -0.05) is 12.1 Å². The second kappa shape index (κ2) is 7.86. The zero-order chi connectivity index (χ0) is 21.3. The van der Waals surface area contributed by atoms with Gasteiger partial charge in [-0.15, -0.1) is 0 Å². The molecule has 0 spiro atoms. The maximum absolute atomic E-state index is 13.7. The number of amides is 1. The summed E-state index contributed by atoms with van der Waals surface area (Å²) in [6.07, 6.45) is 6.44. The fourth-order valence-electron chi connectivity index (χ4n) is 3.67. The zero-order valence-electron chi connectivity index (χ0n) is 16.2. The van der Waals surface area contributed by atoms with Crippen molar-refractivity contribution in [1.82, 2.24) is 19.9 Å². The van der Waals surface area contributed by atoms with E-state index in [0.717, 1.165) is 27.9 Å². The molecule has 0 bridgehead atoms. The van der Waals surface area contributed by atoms with Gasteiger partial charge in [0.2, 0.25) is 15.9 Å². The molecule has 0 fully saturated rings. The van der Waals surface area contributed by atoms with Gasteiger partial charge >= 0.3 is 0 Å². The lowest BCUT2D eigenvalue weighted by Gasteiger charge is -2.36. The van der Waals surface area contributed by atoms with E-state index in [4.69, 9.17) is 0 Å². The van der Waals surface area contributed by atoms with Gasteiger partial charge in [-0.25, -0.2) is 17.8 Å². The first-order valence-corrected chi connectivity index (χ1v) is 11.1. The molecule has 2 aromatic heterocycles. The van der Waals surface area contributed by atoms with Crippen molar-refractivity contribution in [2.24, 2.45) is 0 Å². The lowest BCUT2D eigenvalue weighted by atomic mass is 9.96. The summed E-state index contributed by atoms with van der Waals surface area (Å²) in [6.45, 7) is -0.0624. The standard InChI is InChI=1S/C20H20FN5O3S/c1-30(28,29)26(16-6-2-5-15(21)10-16)12-18(27)25-9-7-17-19(24-13-23-17)20(25)14-4-3-8-22-11-14/h2-6,8,10-11,13,20H,7,9,12H2,1H3,(H,23,24). The minimum atomic E-state index is -3.82. The Kier molecular flexibility index (Phi) is 5.25. The van der Waals surface area contributed by atoms with Gasteiger partial charge in [0.05, 0.1) is 24.0 Å². The van der Waals surface area contributed by atoms with Crippen LogP contribution in [-0.2, 0) is 21.2 Å². The number of H-pyrrole nitrogens is 1. The Bertz CT molecular complexity index is 1170. The van der Waals surface area contributed by atoms with Crippen LogP contribution in [0.3, 0.4) is 0 Å². The van der Waals surface area contributed by atoms with E-state index >= 15 is 0 Å². The van der Waals surface area contributed by atoms with Crippen molar-refractivity contribution < 1.29 is 17.6 Å². The zero-order valence-corrected chi connectivity index (χ0v) is 17.0. The number of hydrogen-bond donors (Lipinski definition) is 1. The molecule has 1 atom stereocenters. The molecular weight excluding hydrogens is 409 g/mol. The Morgan fingerprint density at radius 2 is 2.17 bits per heavy atom. The van der Waals surface area contributed by atoms with Crippen molar-refractivity contribution >= 4 is 21.6 Å². The molecule has 1 amide bonds. The SMILES string of the molecule is CS(=O)(=O)N(CC(=O)N1CCc2[nH]cnc2C1c1cccnc1)c1cccc(F)c1. The van der Waals surface area contributed by atoms with E-state index < -0.39 is 34.3 Å². The minimum absolute atomic E-state index is 0.0984. The number of imidazole rings is 1. The number of carbonyl (C=O) groups is 1. The lowest BCUT2D eigenvalue weighted by Crippen LogP contribution is -2.47.